The normalized spacial score (nSPS) is 26.4. The SMILES string of the molecule is Cc1c2oc3c(C)ccc(C(=O)N[C@H]4C(=O)N[C@@H](C(C)C)C(=O)N5CCC[C@@H]5C(=O)N(C)CC(=O)N(C)[C@H](C(C)C)C(=O)O[C@H]4C)c3nc-2c(C(=O)N[C@H]2C(=O)N[C@@H](C(C)C)C(=O)N3CCC[C@@H]3C(=O)N(C)CC(=O)N(C)[C@H](C(C)C)C(=O)O[C@H]2C)cc1=O. The number of rotatable bonds is 8. The molecule has 4 fully saturated rings. The Labute approximate surface area is 516 Å². The first-order valence-electron chi connectivity index (χ1n) is 30.3. The Morgan fingerprint density at radius 1 is 0.584 bits per heavy atom. The Bertz CT molecular complexity index is 3360. The fraction of sp³-hybridized carbons (Fsp3) is 0.613. The fourth-order valence-electron chi connectivity index (χ4n) is 12.1. The van der Waals surface area contributed by atoms with Crippen LogP contribution in [0.25, 0.3) is 22.6 Å². The third kappa shape index (κ3) is 14.0. The van der Waals surface area contributed by atoms with E-state index in [-0.39, 0.29) is 53.2 Å². The highest BCUT2D eigenvalue weighted by Crippen LogP contribution is 2.33. The van der Waals surface area contributed by atoms with Gasteiger partial charge in [-0.1, -0.05) is 61.5 Å². The highest BCUT2D eigenvalue weighted by atomic mass is 16.6. The van der Waals surface area contributed by atoms with Crippen LogP contribution < -0.4 is 26.7 Å². The number of carbonyl (C=O) groups excluding carboxylic acids is 12. The largest absolute Gasteiger partial charge is 0.458 e. The summed E-state index contributed by atoms with van der Waals surface area (Å²) in [5.41, 5.74) is -1.58. The van der Waals surface area contributed by atoms with Gasteiger partial charge in [0.05, 0.1) is 24.2 Å². The van der Waals surface area contributed by atoms with E-state index in [4.69, 9.17) is 18.9 Å². The number of benzene rings is 2. The second kappa shape index (κ2) is 27.5. The summed E-state index contributed by atoms with van der Waals surface area (Å²) in [6.07, 6.45) is -1.55. The van der Waals surface area contributed by atoms with Crippen molar-refractivity contribution < 1.29 is 71.4 Å². The lowest BCUT2D eigenvalue weighted by atomic mass is 9.99. The Hall–Kier alpha value is -8.52. The lowest BCUT2D eigenvalue weighted by Crippen LogP contribution is -2.61. The van der Waals surface area contributed by atoms with Crippen molar-refractivity contribution in [1.82, 2.24) is 55.7 Å². The molecule has 0 saturated carbocycles. The van der Waals surface area contributed by atoms with Crippen LogP contribution in [-0.4, -0.2) is 220 Å². The zero-order valence-electron chi connectivity index (χ0n) is 53.6. The number of hydrogen-bond acceptors (Lipinski definition) is 17. The van der Waals surface area contributed by atoms with Gasteiger partial charge in [-0.05, 0) is 88.7 Å². The Morgan fingerprint density at radius 2 is 1.00 bits per heavy atom. The van der Waals surface area contributed by atoms with E-state index in [1.54, 1.807) is 62.3 Å². The first kappa shape index (κ1) is 68.0. The van der Waals surface area contributed by atoms with Crippen molar-refractivity contribution >= 4 is 82.1 Å². The second-order valence-corrected chi connectivity index (χ2v) is 25.3. The molecule has 1 aromatic rings. The van der Waals surface area contributed by atoms with Gasteiger partial charge in [0.25, 0.3) is 11.8 Å². The van der Waals surface area contributed by atoms with E-state index < -0.39 is 179 Å². The summed E-state index contributed by atoms with van der Waals surface area (Å²) in [5.74, 6) is -11.9. The van der Waals surface area contributed by atoms with Crippen molar-refractivity contribution in [3.05, 3.63) is 50.7 Å². The lowest BCUT2D eigenvalue weighted by molar-refractivity contribution is -0.163. The number of likely N-dealkylation sites (N-methyl/N-ethyl adjacent to an activating group) is 4. The maximum atomic E-state index is 15.0. The summed E-state index contributed by atoms with van der Waals surface area (Å²) in [4.78, 5) is 199. The molecule has 27 nitrogen and oxygen atoms in total. The highest BCUT2D eigenvalue weighted by Gasteiger charge is 2.46. The van der Waals surface area contributed by atoms with Crippen LogP contribution in [-0.2, 0) is 57.4 Å². The number of aromatic nitrogens is 1. The van der Waals surface area contributed by atoms with E-state index in [1.807, 2.05) is 0 Å². The van der Waals surface area contributed by atoms with Crippen molar-refractivity contribution in [1.29, 1.82) is 0 Å². The van der Waals surface area contributed by atoms with Crippen molar-refractivity contribution in [2.45, 2.75) is 169 Å². The summed E-state index contributed by atoms with van der Waals surface area (Å²) >= 11 is 0. The zero-order valence-corrected chi connectivity index (χ0v) is 53.6. The fourth-order valence-corrected chi connectivity index (χ4v) is 12.1. The number of cyclic esters (lactones) is 2. The molecular weight excluding hydrogens is 1150 g/mol. The standard InChI is InChI=1S/C62H85N11O16/c1-28(2)43-59(83)72-23-17-19-38(72)57(81)68(13)26-41(75)70(15)49(30(5)6)61(85)87-34(11)45(55(79)64-43)66-53(77)36-22-21-32(9)51-47(36)63-48-37(25-40(74)33(10)52(48)89-51)54(78)67-46-35(12)88-62(86)50(31(7)8)71(16)42(76)27-69(14)58(82)39-20-18-24-73(39)60(84)44(29(3)4)65-56(46)80/h21-22,25,28-31,34-35,38-39,43-46,49-50H,17-20,23-24,26-27H2,1-16H3,(H,64,79)(H,65,80)(H,66,77)(H,67,78)/t34-,35-,38+,39+,43-,44-,45+,46+,49+,50+/m0/s1. The molecule has 0 aromatic heterocycles. The molecule has 4 saturated heterocycles. The van der Waals surface area contributed by atoms with Gasteiger partial charge in [-0.3, -0.25) is 52.7 Å². The van der Waals surface area contributed by atoms with Crippen molar-refractivity contribution in [2.24, 2.45) is 23.7 Å². The van der Waals surface area contributed by atoms with E-state index in [1.165, 1.54) is 80.7 Å². The minimum Gasteiger partial charge on any atom is -0.458 e. The van der Waals surface area contributed by atoms with E-state index in [9.17, 15) is 52.7 Å². The van der Waals surface area contributed by atoms with E-state index in [0.29, 0.717) is 24.8 Å². The molecule has 10 atom stereocenters. The molecule has 5 heterocycles. The first-order chi connectivity index (χ1) is 41.7. The van der Waals surface area contributed by atoms with Gasteiger partial charge in [-0.15, -0.1) is 0 Å². The third-order valence-corrected chi connectivity index (χ3v) is 17.3. The quantitative estimate of drug-likeness (QED) is 0.182. The molecule has 1 aliphatic carbocycles. The molecule has 89 heavy (non-hydrogen) atoms. The van der Waals surface area contributed by atoms with Crippen LogP contribution in [0.5, 0.6) is 0 Å². The molecule has 10 amide bonds. The van der Waals surface area contributed by atoms with Crippen LogP contribution in [0.1, 0.15) is 127 Å². The van der Waals surface area contributed by atoms with Crippen molar-refractivity contribution in [3.63, 3.8) is 0 Å². The summed E-state index contributed by atoms with van der Waals surface area (Å²) < 4.78 is 18.3. The third-order valence-electron chi connectivity index (χ3n) is 17.3. The molecule has 0 spiro atoms. The number of hydrogen-bond donors (Lipinski definition) is 4. The maximum Gasteiger partial charge on any atom is 0.329 e. The molecule has 7 rings (SSSR count). The number of carbonyl (C=O) groups is 12. The molecule has 484 valence electrons. The summed E-state index contributed by atoms with van der Waals surface area (Å²) in [6, 6.07) is -6.73. The van der Waals surface area contributed by atoms with Gasteiger partial charge in [-0.25, -0.2) is 14.6 Å². The molecule has 1 aromatic carbocycles. The smallest absolute Gasteiger partial charge is 0.329 e. The number of nitrogens with one attached hydrogen (secondary N) is 4. The monoisotopic (exact) mass is 1240 g/mol. The number of fused-ring (bicyclic) bond motifs is 4. The van der Waals surface area contributed by atoms with Gasteiger partial charge in [0, 0.05) is 52.9 Å². The van der Waals surface area contributed by atoms with E-state index in [2.05, 4.69) is 21.3 Å². The van der Waals surface area contributed by atoms with E-state index >= 15 is 9.59 Å². The highest BCUT2D eigenvalue weighted by molar-refractivity contribution is 6.09. The molecular formula is C62H85N11O16. The Morgan fingerprint density at radius 3 is 1.40 bits per heavy atom. The summed E-state index contributed by atoms with van der Waals surface area (Å²) in [7, 11) is 5.61. The first-order valence-corrected chi connectivity index (χ1v) is 30.3. The van der Waals surface area contributed by atoms with Crippen molar-refractivity contribution in [3.8, 4) is 11.5 Å². The van der Waals surface area contributed by atoms with Crippen LogP contribution in [0, 0.1) is 37.5 Å². The molecule has 5 aliphatic heterocycles. The van der Waals surface area contributed by atoms with Crippen LogP contribution in [0.15, 0.2) is 27.4 Å². The lowest BCUT2D eigenvalue weighted by Gasteiger charge is -2.36. The van der Waals surface area contributed by atoms with Crippen LogP contribution in [0.3, 0.4) is 0 Å². The number of ether oxygens (including phenoxy) is 2. The average Bonchev–Trinajstić information content (AvgIpc) is 1.51. The second-order valence-electron chi connectivity index (χ2n) is 25.3. The van der Waals surface area contributed by atoms with Gasteiger partial charge in [0.15, 0.2) is 16.8 Å². The predicted molar refractivity (Wildman–Crippen MR) is 321 cm³/mol. The van der Waals surface area contributed by atoms with Gasteiger partial charge in [0.2, 0.25) is 47.3 Å². The molecule has 0 bridgehead atoms. The molecule has 27 heteroatoms. The molecule has 0 unspecified atom stereocenters. The van der Waals surface area contributed by atoms with Gasteiger partial charge in [0.1, 0.15) is 71.8 Å². The summed E-state index contributed by atoms with van der Waals surface area (Å²) in [5, 5.41) is 10.8. The van der Waals surface area contributed by atoms with Crippen LogP contribution in [0.2, 0.25) is 0 Å². The minimum absolute atomic E-state index is 0.0113. The van der Waals surface area contributed by atoms with Gasteiger partial charge in [-0.2, -0.15) is 0 Å². The topological polar surface area (TPSA) is 334 Å². The Balaban J connectivity index is 1.30. The van der Waals surface area contributed by atoms with Crippen LogP contribution >= 0.6 is 0 Å². The maximum absolute atomic E-state index is 15.0. The molecule has 6 aliphatic rings. The average molecular weight is 1240 g/mol. The molecule has 4 N–H and O–H groups in total. The van der Waals surface area contributed by atoms with E-state index in [0.717, 1.165) is 15.9 Å². The van der Waals surface area contributed by atoms with Crippen molar-refractivity contribution in [2.75, 3.05) is 54.4 Å². The predicted octanol–water partition coefficient (Wildman–Crippen LogP) is 1.14. The zero-order chi connectivity index (χ0) is 66.1. The van der Waals surface area contributed by atoms with Gasteiger partial charge >= 0.3 is 11.9 Å². The number of esters is 2. The number of aryl methyl sites for hydroxylation is 1. The summed E-state index contributed by atoms with van der Waals surface area (Å²) in [6.45, 7) is 18.6. The van der Waals surface area contributed by atoms with Crippen LogP contribution in [0.4, 0.5) is 0 Å². The van der Waals surface area contributed by atoms with Gasteiger partial charge < -0.3 is 64.6 Å². The molecule has 0 radical (unpaired) electrons. The number of nitrogens with zero attached hydrogens (tertiary/aromatic N) is 7. The Kier molecular flexibility index (Phi) is 21.0. The number of amides is 10. The minimum atomic E-state index is -1.82.